The van der Waals surface area contributed by atoms with Crippen LogP contribution in [0, 0.1) is 11.3 Å². The number of hydrogen-bond donors (Lipinski definition) is 2. The van der Waals surface area contributed by atoms with Crippen molar-refractivity contribution in [2.24, 2.45) is 0 Å². The van der Waals surface area contributed by atoms with Gasteiger partial charge in [-0.25, -0.2) is 4.79 Å². The van der Waals surface area contributed by atoms with Crippen molar-refractivity contribution in [3.63, 3.8) is 0 Å². The molecule has 3 aromatic carbocycles. The van der Waals surface area contributed by atoms with Gasteiger partial charge in [-0.3, -0.25) is 4.79 Å². The monoisotopic (exact) mass is 408 g/mol. The first kappa shape index (κ1) is 20.2. The lowest BCUT2D eigenvalue weighted by Gasteiger charge is -2.15. The number of aromatic carboxylic acids is 1. The van der Waals surface area contributed by atoms with Crippen LogP contribution in [-0.4, -0.2) is 23.1 Å². The number of rotatable bonds is 5. The van der Waals surface area contributed by atoms with Crippen molar-refractivity contribution in [3.8, 4) is 11.8 Å². The molecule has 0 spiro atoms. The van der Waals surface area contributed by atoms with E-state index in [1.165, 1.54) is 12.1 Å². The number of carboxylic acids is 1. The number of fused-ring (bicyclic) bond motifs is 1. The standard InChI is InChI=1S/C22H17ClN2O4/c1-12(2)29-20-10-19(18(22(27)28)9-16(20)11-24)25-21(26)15-4-3-14-8-17(23)6-5-13(14)7-15/h3-10,12H,1-2H3,(H,25,26)(H,27,28). The molecule has 0 aliphatic heterocycles. The molecular formula is C22H17ClN2O4. The molecule has 3 aromatic rings. The van der Waals surface area contributed by atoms with Crippen molar-refractivity contribution in [2.75, 3.05) is 5.32 Å². The van der Waals surface area contributed by atoms with E-state index in [9.17, 15) is 20.0 Å². The first-order valence-corrected chi connectivity index (χ1v) is 9.15. The molecule has 0 saturated heterocycles. The lowest BCUT2D eigenvalue weighted by molar-refractivity contribution is 0.0698. The quantitative estimate of drug-likeness (QED) is 0.611. The predicted octanol–water partition coefficient (Wildman–Crippen LogP) is 5.10. The summed E-state index contributed by atoms with van der Waals surface area (Å²) in [7, 11) is 0. The third-order valence-corrected chi connectivity index (χ3v) is 4.38. The second kappa shape index (κ2) is 8.21. The number of ether oxygens (including phenoxy) is 1. The SMILES string of the molecule is CC(C)Oc1cc(NC(=O)c2ccc3cc(Cl)ccc3c2)c(C(=O)O)cc1C#N. The van der Waals surface area contributed by atoms with E-state index in [-0.39, 0.29) is 28.7 Å². The smallest absolute Gasteiger partial charge is 0.337 e. The highest BCUT2D eigenvalue weighted by Crippen LogP contribution is 2.29. The van der Waals surface area contributed by atoms with Gasteiger partial charge in [0.25, 0.3) is 5.91 Å². The fourth-order valence-corrected chi connectivity index (χ4v) is 3.03. The summed E-state index contributed by atoms with van der Waals surface area (Å²) < 4.78 is 5.59. The minimum Gasteiger partial charge on any atom is -0.490 e. The Morgan fingerprint density at radius 1 is 1.10 bits per heavy atom. The number of benzene rings is 3. The second-order valence-electron chi connectivity index (χ2n) is 6.64. The molecule has 0 bridgehead atoms. The van der Waals surface area contributed by atoms with Crippen molar-refractivity contribution in [2.45, 2.75) is 20.0 Å². The van der Waals surface area contributed by atoms with Crippen LogP contribution in [0.15, 0.2) is 48.5 Å². The van der Waals surface area contributed by atoms with Crippen LogP contribution in [0.3, 0.4) is 0 Å². The van der Waals surface area contributed by atoms with Crippen LogP contribution in [0.25, 0.3) is 10.8 Å². The Balaban J connectivity index is 1.99. The lowest BCUT2D eigenvalue weighted by Crippen LogP contribution is -2.16. The van der Waals surface area contributed by atoms with E-state index in [1.54, 1.807) is 50.2 Å². The van der Waals surface area contributed by atoms with Crippen LogP contribution in [0.4, 0.5) is 5.69 Å². The van der Waals surface area contributed by atoms with Crippen LogP contribution >= 0.6 is 11.6 Å². The van der Waals surface area contributed by atoms with E-state index >= 15 is 0 Å². The topological polar surface area (TPSA) is 99.4 Å². The minimum absolute atomic E-state index is 0.0494. The lowest BCUT2D eigenvalue weighted by atomic mass is 10.1. The van der Waals surface area contributed by atoms with Gasteiger partial charge in [0.2, 0.25) is 0 Å². The molecule has 0 radical (unpaired) electrons. The molecule has 1 amide bonds. The van der Waals surface area contributed by atoms with E-state index in [4.69, 9.17) is 16.3 Å². The Morgan fingerprint density at radius 3 is 2.45 bits per heavy atom. The largest absolute Gasteiger partial charge is 0.490 e. The zero-order chi connectivity index (χ0) is 21.1. The Kier molecular flexibility index (Phi) is 5.71. The fraction of sp³-hybridized carbons (Fsp3) is 0.136. The predicted molar refractivity (Wildman–Crippen MR) is 111 cm³/mol. The van der Waals surface area contributed by atoms with Crippen LogP contribution in [-0.2, 0) is 0 Å². The van der Waals surface area contributed by atoms with Crippen molar-refractivity contribution >= 4 is 39.9 Å². The molecule has 146 valence electrons. The summed E-state index contributed by atoms with van der Waals surface area (Å²) in [5.41, 5.74) is 0.287. The third kappa shape index (κ3) is 4.48. The van der Waals surface area contributed by atoms with Gasteiger partial charge in [0.15, 0.2) is 0 Å². The van der Waals surface area contributed by atoms with Gasteiger partial charge in [-0.2, -0.15) is 5.26 Å². The van der Waals surface area contributed by atoms with E-state index in [1.807, 2.05) is 6.07 Å². The molecule has 0 unspecified atom stereocenters. The molecule has 7 heteroatoms. The average molecular weight is 409 g/mol. The molecule has 2 N–H and O–H groups in total. The Morgan fingerprint density at radius 2 is 1.79 bits per heavy atom. The van der Waals surface area contributed by atoms with Gasteiger partial charge >= 0.3 is 5.97 Å². The van der Waals surface area contributed by atoms with E-state index in [0.29, 0.717) is 10.6 Å². The molecule has 0 atom stereocenters. The summed E-state index contributed by atoms with van der Waals surface area (Å²) in [5, 5.41) is 23.7. The van der Waals surface area contributed by atoms with Crippen LogP contribution in [0.1, 0.15) is 40.1 Å². The number of amides is 1. The van der Waals surface area contributed by atoms with Gasteiger partial charge in [0.1, 0.15) is 11.8 Å². The number of carbonyl (C=O) groups excluding carboxylic acids is 1. The number of nitriles is 1. The molecule has 6 nitrogen and oxygen atoms in total. The molecule has 3 rings (SSSR count). The number of anilines is 1. The molecule has 0 fully saturated rings. The number of halogens is 1. The Bertz CT molecular complexity index is 1170. The second-order valence-corrected chi connectivity index (χ2v) is 7.07. The number of carbonyl (C=O) groups is 2. The summed E-state index contributed by atoms with van der Waals surface area (Å²) in [6, 6.07) is 14.9. The van der Waals surface area contributed by atoms with Gasteiger partial charge in [-0.05, 0) is 55.0 Å². The molecule has 0 aliphatic carbocycles. The molecule has 0 aromatic heterocycles. The summed E-state index contributed by atoms with van der Waals surface area (Å²) in [4.78, 5) is 24.4. The maximum absolute atomic E-state index is 12.8. The van der Waals surface area contributed by atoms with Crippen molar-refractivity contribution < 1.29 is 19.4 Å². The van der Waals surface area contributed by atoms with Crippen LogP contribution < -0.4 is 10.1 Å². The number of nitrogens with one attached hydrogen (secondary N) is 1. The molecule has 0 heterocycles. The van der Waals surface area contributed by atoms with Gasteiger partial charge in [-0.15, -0.1) is 0 Å². The summed E-state index contributed by atoms with van der Waals surface area (Å²) >= 11 is 5.98. The highest BCUT2D eigenvalue weighted by Gasteiger charge is 2.19. The molecule has 29 heavy (non-hydrogen) atoms. The van der Waals surface area contributed by atoms with Crippen LogP contribution in [0.5, 0.6) is 5.75 Å². The van der Waals surface area contributed by atoms with Gasteiger partial charge in [-0.1, -0.05) is 23.7 Å². The number of nitrogens with zero attached hydrogens (tertiary/aromatic N) is 1. The summed E-state index contributed by atoms with van der Waals surface area (Å²) in [6.07, 6.45) is -0.228. The first-order valence-electron chi connectivity index (χ1n) is 8.77. The highest BCUT2D eigenvalue weighted by atomic mass is 35.5. The van der Waals surface area contributed by atoms with E-state index < -0.39 is 11.9 Å². The van der Waals surface area contributed by atoms with E-state index in [0.717, 1.165) is 10.8 Å². The molecular weight excluding hydrogens is 392 g/mol. The fourth-order valence-electron chi connectivity index (χ4n) is 2.85. The maximum Gasteiger partial charge on any atom is 0.337 e. The average Bonchev–Trinajstić information content (AvgIpc) is 2.67. The zero-order valence-corrected chi connectivity index (χ0v) is 16.4. The summed E-state index contributed by atoms with van der Waals surface area (Å²) in [5.74, 6) is -1.54. The van der Waals surface area contributed by atoms with Crippen molar-refractivity contribution in [1.82, 2.24) is 0 Å². The minimum atomic E-state index is -1.26. The number of carboxylic acid groups (broad SMARTS) is 1. The van der Waals surface area contributed by atoms with Crippen LogP contribution in [0.2, 0.25) is 5.02 Å². The van der Waals surface area contributed by atoms with Gasteiger partial charge in [0.05, 0.1) is 22.9 Å². The first-order chi connectivity index (χ1) is 13.8. The summed E-state index contributed by atoms with van der Waals surface area (Å²) in [6.45, 7) is 3.57. The molecule has 0 saturated carbocycles. The maximum atomic E-state index is 12.8. The zero-order valence-electron chi connectivity index (χ0n) is 15.7. The molecule has 0 aliphatic rings. The van der Waals surface area contributed by atoms with E-state index in [2.05, 4.69) is 5.32 Å². The van der Waals surface area contributed by atoms with Crippen molar-refractivity contribution in [3.05, 3.63) is 70.2 Å². The highest BCUT2D eigenvalue weighted by molar-refractivity contribution is 6.31. The Labute approximate surface area is 172 Å². The third-order valence-electron chi connectivity index (χ3n) is 4.15. The number of hydrogen-bond acceptors (Lipinski definition) is 4. The van der Waals surface area contributed by atoms with Crippen molar-refractivity contribution in [1.29, 1.82) is 5.26 Å². The Hall–Kier alpha value is -3.56. The van der Waals surface area contributed by atoms with Gasteiger partial charge < -0.3 is 15.2 Å². The van der Waals surface area contributed by atoms with Gasteiger partial charge in [0, 0.05) is 16.7 Å². The normalized spacial score (nSPS) is 10.6.